The summed E-state index contributed by atoms with van der Waals surface area (Å²) in [6, 6.07) is 7.48. The molecule has 3 aromatic rings. The summed E-state index contributed by atoms with van der Waals surface area (Å²) in [5, 5.41) is 8.70. The molecule has 0 amide bonds. The van der Waals surface area contributed by atoms with Gasteiger partial charge in [-0.25, -0.2) is 13.1 Å². The van der Waals surface area contributed by atoms with Crippen LogP contribution in [0.25, 0.3) is 10.8 Å². The van der Waals surface area contributed by atoms with E-state index in [9.17, 15) is 8.42 Å². The predicted molar refractivity (Wildman–Crippen MR) is 138 cm³/mol. The summed E-state index contributed by atoms with van der Waals surface area (Å²) in [5.41, 5.74) is 3.90. The minimum Gasteiger partial charge on any atom is -0.356 e. The summed E-state index contributed by atoms with van der Waals surface area (Å²) in [5.74, 6) is 0.659. The summed E-state index contributed by atoms with van der Waals surface area (Å²) < 4.78 is 29.6. The van der Waals surface area contributed by atoms with Gasteiger partial charge in [-0.15, -0.1) is 0 Å². The summed E-state index contributed by atoms with van der Waals surface area (Å²) in [7, 11) is -3.69. The van der Waals surface area contributed by atoms with Crippen LogP contribution in [0.5, 0.6) is 0 Å². The molecule has 34 heavy (non-hydrogen) atoms. The molecule has 1 atom stereocenters. The van der Waals surface area contributed by atoms with E-state index in [0.29, 0.717) is 22.5 Å². The number of nitrogens with zero attached hydrogens (tertiary/aromatic N) is 2. The van der Waals surface area contributed by atoms with Crippen molar-refractivity contribution in [3.63, 3.8) is 0 Å². The summed E-state index contributed by atoms with van der Waals surface area (Å²) in [6.45, 7) is 4.38. The van der Waals surface area contributed by atoms with Crippen molar-refractivity contribution < 1.29 is 8.42 Å². The zero-order valence-electron chi connectivity index (χ0n) is 19.3. The van der Waals surface area contributed by atoms with E-state index < -0.39 is 10.0 Å². The molecular weight excluding hydrogens is 466 g/mol. The lowest BCUT2D eigenvalue weighted by Gasteiger charge is -2.19. The Labute approximate surface area is 205 Å². The van der Waals surface area contributed by atoms with Gasteiger partial charge in [-0.05, 0) is 79.2 Å². The van der Waals surface area contributed by atoms with Gasteiger partial charge in [0.2, 0.25) is 10.0 Å². The van der Waals surface area contributed by atoms with Crippen molar-refractivity contribution in [3.05, 3.63) is 59.7 Å². The van der Waals surface area contributed by atoms with E-state index in [1.807, 2.05) is 44.3 Å². The quantitative estimate of drug-likeness (QED) is 0.418. The maximum atomic E-state index is 13.4. The first kappa shape index (κ1) is 23.1. The fourth-order valence-corrected chi connectivity index (χ4v) is 6.21. The topological polar surface area (TPSA) is 96.0 Å². The standard InChI is InChI=1S/C25H29N5O2S2/c1-15(2)12-28-34(31,32)24-11-19-18(21-14-27-23(10-20(21)24)16-5-6-16)7-8-22(19)30-25(33)29-17-4-3-9-26-13-17/h3-4,9-11,13-16,22,28H,5-8,12H2,1-2H3,(H2,29,30,33). The van der Waals surface area contributed by atoms with Crippen molar-refractivity contribution in [2.75, 3.05) is 11.9 Å². The molecule has 0 radical (unpaired) electrons. The molecule has 2 aliphatic rings. The van der Waals surface area contributed by atoms with Crippen LogP contribution in [0, 0.1) is 5.92 Å². The number of hydrogen-bond acceptors (Lipinski definition) is 5. The SMILES string of the molecule is CC(C)CNS(=O)(=O)c1cc2c(c3cnc(C4CC4)cc13)CCC2NC(=S)Nc1cccnc1. The van der Waals surface area contributed by atoms with Gasteiger partial charge >= 0.3 is 0 Å². The number of aryl methyl sites for hydroxylation is 1. The molecule has 0 aliphatic heterocycles. The minimum atomic E-state index is -3.69. The lowest BCUT2D eigenvalue weighted by Crippen LogP contribution is -2.31. The van der Waals surface area contributed by atoms with E-state index in [0.717, 1.165) is 59.0 Å². The third-order valence-corrected chi connectivity index (χ3v) is 8.08. The molecule has 0 bridgehead atoms. The molecule has 9 heteroatoms. The second kappa shape index (κ2) is 9.20. The molecule has 2 aliphatic carbocycles. The van der Waals surface area contributed by atoms with Crippen LogP contribution in [0.2, 0.25) is 0 Å². The molecule has 7 nitrogen and oxygen atoms in total. The van der Waals surface area contributed by atoms with Crippen molar-refractivity contribution in [1.82, 2.24) is 20.0 Å². The third kappa shape index (κ3) is 4.78. The van der Waals surface area contributed by atoms with Crippen LogP contribution < -0.4 is 15.4 Å². The Morgan fingerprint density at radius 2 is 2.00 bits per heavy atom. The van der Waals surface area contributed by atoms with E-state index in [1.54, 1.807) is 12.4 Å². The lowest BCUT2D eigenvalue weighted by atomic mass is 10.0. The highest BCUT2D eigenvalue weighted by atomic mass is 32.2. The Kier molecular flexibility index (Phi) is 6.26. The van der Waals surface area contributed by atoms with Gasteiger partial charge in [0.05, 0.1) is 22.8 Å². The highest BCUT2D eigenvalue weighted by molar-refractivity contribution is 7.89. The number of fused-ring (bicyclic) bond motifs is 3. The van der Waals surface area contributed by atoms with Crippen LogP contribution >= 0.6 is 12.2 Å². The normalized spacial score (nSPS) is 17.7. The van der Waals surface area contributed by atoms with Gasteiger partial charge in [-0.3, -0.25) is 9.97 Å². The van der Waals surface area contributed by atoms with Crippen molar-refractivity contribution in [2.45, 2.75) is 56.4 Å². The van der Waals surface area contributed by atoms with Crippen molar-refractivity contribution in [3.8, 4) is 0 Å². The van der Waals surface area contributed by atoms with Crippen LogP contribution in [-0.2, 0) is 16.4 Å². The summed E-state index contributed by atoms with van der Waals surface area (Å²) in [4.78, 5) is 9.13. The average molecular weight is 496 g/mol. The van der Waals surface area contributed by atoms with Crippen LogP contribution in [0.15, 0.2) is 47.8 Å². The minimum absolute atomic E-state index is 0.0850. The molecule has 5 rings (SSSR count). The summed E-state index contributed by atoms with van der Waals surface area (Å²) in [6.07, 6.45) is 9.18. The number of sulfonamides is 1. The van der Waals surface area contributed by atoms with Gasteiger partial charge < -0.3 is 10.6 Å². The molecular formula is C25H29N5O2S2. The van der Waals surface area contributed by atoms with Gasteiger partial charge in [0.15, 0.2) is 5.11 Å². The number of thiocarbonyl (C=S) groups is 1. The first-order valence-corrected chi connectivity index (χ1v) is 13.6. The predicted octanol–water partition coefficient (Wildman–Crippen LogP) is 4.42. The number of aromatic nitrogens is 2. The molecule has 178 valence electrons. The van der Waals surface area contributed by atoms with Crippen molar-refractivity contribution in [2.24, 2.45) is 5.92 Å². The Morgan fingerprint density at radius 3 is 2.71 bits per heavy atom. The number of rotatable bonds is 7. The lowest BCUT2D eigenvalue weighted by molar-refractivity contribution is 0.560. The third-order valence-electron chi connectivity index (χ3n) is 6.40. The maximum Gasteiger partial charge on any atom is 0.241 e. The van der Waals surface area contributed by atoms with E-state index in [1.165, 1.54) is 0 Å². The van der Waals surface area contributed by atoms with Crippen LogP contribution in [0.1, 0.15) is 61.9 Å². The van der Waals surface area contributed by atoms with Crippen molar-refractivity contribution >= 4 is 43.8 Å². The molecule has 2 aromatic heterocycles. The Balaban J connectivity index is 1.52. The maximum absolute atomic E-state index is 13.4. The Hall–Kier alpha value is -2.62. The van der Waals surface area contributed by atoms with Crippen LogP contribution in [-0.4, -0.2) is 30.0 Å². The number of nitrogens with one attached hydrogen (secondary N) is 3. The van der Waals surface area contributed by atoms with E-state index in [4.69, 9.17) is 17.2 Å². The second-order valence-corrected chi connectivity index (χ2v) is 11.7. The fraction of sp³-hybridized carbons (Fsp3) is 0.400. The highest BCUT2D eigenvalue weighted by Crippen LogP contribution is 2.43. The molecule has 1 saturated carbocycles. The highest BCUT2D eigenvalue weighted by Gasteiger charge is 2.31. The molecule has 3 N–H and O–H groups in total. The van der Waals surface area contributed by atoms with Gasteiger partial charge in [0.25, 0.3) is 0 Å². The van der Waals surface area contributed by atoms with Crippen molar-refractivity contribution in [1.29, 1.82) is 0 Å². The molecule has 1 fully saturated rings. The average Bonchev–Trinajstić information content (AvgIpc) is 3.59. The molecule has 1 unspecified atom stereocenters. The monoisotopic (exact) mass is 495 g/mol. The molecule has 1 aromatic carbocycles. The fourth-order valence-electron chi connectivity index (χ4n) is 4.50. The number of pyridine rings is 2. The second-order valence-electron chi connectivity index (χ2n) is 9.55. The van der Waals surface area contributed by atoms with Gasteiger partial charge in [-0.1, -0.05) is 13.8 Å². The number of benzene rings is 1. The molecule has 2 heterocycles. The Morgan fingerprint density at radius 1 is 1.18 bits per heavy atom. The molecule has 0 spiro atoms. The van der Waals surface area contributed by atoms with Gasteiger partial charge in [0.1, 0.15) is 0 Å². The number of anilines is 1. The van der Waals surface area contributed by atoms with E-state index in [-0.39, 0.29) is 12.0 Å². The molecule has 0 saturated heterocycles. The smallest absolute Gasteiger partial charge is 0.241 e. The first-order chi connectivity index (χ1) is 16.3. The van der Waals surface area contributed by atoms with Crippen LogP contribution in [0.4, 0.5) is 5.69 Å². The van der Waals surface area contributed by atoms with Gasteiger partial charge in [0, 0.05) is 41.3 Å². The number of hydrogen-bond donors (Lipinski definition) is 3. The largest absolute Gasteiger partial charge is 0.356 e. The zero-order chi connectivity index (χ0) is 23.9. The Bertz CT molecular complexity index is 1340. The van der Waals surface area contributed by atoms with Gasteiger partial charge in [-0.2, -0.15) is 0 Å². The first-order valence-electron chi connectivity index (χ1n) is 11.7. The van der Waals surface area contributed by atoms with E-state index >= 15 is 0 Å². The van der Waals surface area contributed by atoms with Crippen LogP contribution in [0.3, 0.4) is 0 Å². The summed E-state index contributed by atoms with van der Waals surface area (Å²) >= 11 is 5.53. The zero-order valence-corrected chi connectivity index (χ0v) is 21.0. The van der Waals surface area contributed by atoms with E-state index in [2.05, 4.69) is 20.3 Å².